The van der Waals surface area contributed by atoms with Crippen LogP contribution in [0, 0.1) is 6.92 Å². The molecule has 0 radical (unpaired) electrons. The SMILES string of the molecule is COc1ccc(-c2nonc2NC(=O)c2cc(=O)c3ccc(Br)cc3o2)c(C)c1. The fourth-order valence-corrected chi connectivity index (χ4v) is 3.23. The van der Waals surface area contributed by atoms with Gasteiger partial charge in [-0.2, -0.15) is 0 Å². The van der Waals surface area contributed by atoms with Crippen LogP contribution in [0.25, 0.3) is 22.2 Å². The zero-order valence-electron chi connectivity index (χ0n) is 15.4. The van der Waals surface area contributed by atoms with Crippen molar-refractivity contribution in [3.63, 3.8) is 0 Å². The Morgan fingerprint density at radius 3 is 2.72 bits per heavy atom. The van der Waals surface area contributed by atoms with E-state index in [0.717, 1.165) is 16.1 Å². The van der Waals surface area contributed by atoms with Gasteiger partial charge in [0.25, 0.3) is 5.91 Å². The number of aryl methyl sites for hydroxylation is 1. The molecule has 0 aliphatic heterocycles. The Labute approximate surface area is 172 Å². The van der Waals surface area contributed by atoms with Gasteiger partial charge in [-0.25, -0.2) is 4.63 Å². The van der Waals surface area contributed by atoms with Crippen molar-refractivity contribution < 1.29 is 18.6 Å². The highest BCUT2D eigenvalue weighted by molar-refractivity contribution is 9.10. The maximum Gasteiger partial charge on any atom is 0.292 e. The molecule has 4 aromatic rings. The van der Waals surface area contributed by atoms with Gasteiger partial charge in [0.2, 0.25) is 5.82 Å². The Hall–Kier alpha value is -3.46. The number of rotatable bonds is 4. The lowest BCUT2D eigenvalue weighted by Crippen LogP contribution is -2.15. The van der Waals surface area contributed by atoms with Crippen LogP contribution in [0.1, 0.15) is 16.1 Å². The third kappa shape index (κ3) is 3.64. The molecule has 0 aliphatic carbocycles. The first-order chi connectivity index (χ1) is 14.0. The van der Waals surface area contributed by atoms with Crippen LogP contribution < -0.4 is 15.5 Å². The third-order valence-electron chi connectivity index (χ3n) is 4.32. The lowest BCUT2D eigenvalue weighted by atomic mass is 10.1. The number of halogens is 1. The zero-order chi connectivity index (χ0) is 20.5. The highest BCUT2D eigenvalue weighted by atomic mass is 79.9. The van der Waals surface area contributed by atoms with Gasteiger partial charge in [-0.1, -0.05) is 15.9 Å². The Kier molecular flexibility index (Phi) is 4.89. The standard InChI is InChI=1S/C20H14BrN3O5/c1-10-7-12(27-2)4-6-13(10)18-19(24-29-23-18)22-20(26)17-9-15(25)14-5-3-11(21)8-16(14)28-17/h3-9H,1-2H3,(H,22,24,26). The number of benzene rings is 2. The maximum absolute atomic E-state index is 12.7. The second kappa shape index (κ2) is 7.51. The minimum absolute atomic E-state index is 0.111. The van der Waals surface area contributed by atoms with Crippen LogP contribution in [-0.4, -0.2) is 23.3 Å². The first-order valence-electron chi connectivity index (χ1n) is 8.48. The lowest BCUT2D eigenvalue weighted by Gasteiger charge is -2.07. The minimum Gasteiger partial charge on any atom is -0.497 e. The Morgan fingerprint density at radius 2 is 1.97 bits per heavy atom. The summed E-state index contributed by atoms with van der Waals surface area (Å²) < 4.78 is 16.3. The van der Waals surface area contributed by atoms with E-state index in [4.69, 9.17) is 13.8 Å². The van der Waals surface area contributed by atoms with E-state index in [0.29, 0.717) is 28.0 Å². The molecule has 9 heteroatoms. The summed E-state index contributed by atoms with van der Waals surface area (Å²) in [6.07, 6.45) is 0. The van der Waals surface area contributed by atoms with Gasteiger partial charge in [0, 0.05) is 16.1 Å². The fraction of sp³-hybridized carbons (Fsp3) is 0.100. The van der Waals surface area contributed by atoms with Gasteiger partial charge >= 0.3 is 0 Å². The van der Waals surface area contributed by atoms with Crippen molar-refractivity contribution >= 4 is 38.6 Å². The normalized spacial score (nSPS) is 10.9. The molecule has 0 spiro atoms. The van der Waals surface area contributed by atoms with Crippen LogP contribution in [0.4, 0.5) is 5.82 Å². The average molecular weight is 456 g/mol. The smallest absolute Gasteiger partial charge is 0.292 e. The van der Waals surface area contributed by atoms with Gasteiger partial charge in [0.15, 0.2) is 16.9 Å². The van der Waals surface area contributed by atoms with E-state index < -0.39 is 5.91 Å². The Bertz CT molecular complexity index is 1300. The number of carbonyl (C=O) groups is 1. The summed E-state index contributed by atoms with van der Waals surface area (Å²) in [6.45, 7) is 1.87. The van der Waals surface area contributed by atoms with Gasteiger partial charge in [-0.15, -0.1) is 0 Å². The summed E-state index contributed by atoms with van der Waals surface area (Å²) in [4.78, 5) is 25.0. The molecule has 0 bridgehead atoms. The maximum atomic E-state index is 12.7. The van der Waals surface area contributed by atoms with E-state index in [9.17, 15) is 9.59 Å². The van der Waals surface area contributed by atoms with E-state index >= 15 is 0 Å². The molecule has 2 aromatic carbocycles. The number of ether oxygens (including phenoxy) is 1. The van der Waals surface area contributed by atoms with Gasteiger partial charge in [-0.05, 0) is 59.2 Å². The van der Waals surface area contributed by atoms with Gasteiger partial charge in [-0.3, -0.25) is 14.9 Å². The molecular weight excluding hydrogens is 442 g/mol. The Morgan fingerprint density at radius 1 is 1.14 bits per heavy atom. The monoisotopic (exact) mass is 455 g/mol. The number of aromatic nitrogens is 2. The number of hydrogen-bond acceptors (Lipinski definition) is 7. The number of amides is 1. The second-order valence-corrected chi connectivity index (χ2v) is 7.13. The van der Waals surface area contributed by atoms with E-state index in [1.54, 1.807) is 37.4 Å². The molecule has 29 heavy (non-hydrogen) atoms. The summed E-state index contributed by atoms with van der Waals surface area (Å²) in [7, 11) is 1.58. The second-order valence-electron chi connectivity index (χ2n) is 6.21. The van der Waals surface area contributed by atoms with Crippen LogP contribution in [0.5, 0.6) is 5.75 Å². The number of methoxy groups -OCH3 is 1. The summed E-state index contributed by atoms with van der Waals surface area (Å²) in [5, 5.41) is 10.6. The largest absolute Gasteiger partial charge is 0.497 e. The van der Waals surface area contributed by atoms with Gasteiger partial charge in [0.05, 0.1) is 12.5 Å². The van der Waals surface area contributed by atoms with Crippen LogP contribution in [0.15, 0.2) is 60.8 Å². The molecule has 8 nitrogen and oxygen atoms in total. The number of nitrogens with one attached hydrogen (secondary N) is 1. The molecule has 146 valence electrons. The average Bonchev–Trinajstić information content (AvgIpc) is 3.15. The van der Waals surface area contributed by atoms with E-state index in [2.05, 4.69) is 31.6 Å². The van der Waals surface area contributed by atoms with Crippen molar-refractivity contribution in [2.24, 2.45) is 0 Å². The van der Waals surface area contributed by atoms with E-state index in [-0.39, 0.29) is 17.0 Å². The van der Waals surface area contributed by atoms with Crippen molar-refractivity contribution in [1.29, 1.82) is 0 Å². The number of anilines is 1. The van der Waals surface area contributed by atoms with Crippen LogP contribution in [0.3, 0.4) is 0 Å². The third-order valence-corrected chi connectivity index (χ3v) is 4.82. The van der Waals surface area contributed by atoms with Crippen LogP contribution >= 0.6 is 15.9 Å². The van der Waals surface area contributed by atoms with Crippen molar-refractivity contribution in [3.05, 3.63) is 68.5 Å². The number of nitrogens with zero attached hydrogens (tertiary/aromatic N) is 2. The predicted octanol–water partition coefficient (Wildman–Crippen LogP) is 4.17. The number of carbonyl (C=O) groups excluding carboxylic acids is 1. The van der Waals surface area contributed by atoms with E-state index in [1.807, 2.05) is 13.0 Å². The quantitative estimate of drug-likeness (QED) is 0.491. The molecule has 0 aliphatic rings. The Balaban J connectivity index is 1.68. The first-order valence-corrected chi connectivity index (χ1v) is 9.28. The molecule has 0 unspecified atom stereocenters. The topological polar surface area (TPSA) is 107 Å². The van der Waals surface area contributed by atoms with E-state index in [1.165, 1.54) is 0 Å². The van der Waals surface area contributed by atoms with Crippen molar-refractivity contribution in [2.75, 3.05) is 12.4 Å². The molecule has 1 amide bonds. The molecular formula is C20H14BrN3O5. The molecule has 0 atom stereocenters. The first kappa shape index (κ1) is 18.9. The molecule has 2 aromatic heterocycles. The fourth-order valence-electron chi connectivity index (χ4n) is 2.89. The van der Waals surface area contributed by atoms with Crippen molar-refractivity contribution in [1.82, 2.24) is 10.3 Å². The number of fused-ring (bicyclic) bond motifs is 1. The lowest BCUT2D eigenvalue weighted by molar-refractivity contribution is 0.0996. The summed E-state index contributed by atoms with van der Waals surface area (Å²) >= 11 is 3.32. The van der Waals surface area contributed by atoms with Crippen molar-refractivity contribution in [2.45, 2.75) is 6.92 Å². The van der Waals surface area contributed by atoms with Crippen LogP contribution in [-0.2, 0) is 0 Å². The van der Waals surface area contributed by atoms with Gasteiger partial charge in [0.1, 0.15) is 11.3 Å². The minimum atomic E-state index is -0.646. The molecule has 4 rings (SSSR count). The molecule has 1 N–H and O–H groups in total. The predicted molar refractivity (Wildman–Crippen MR) is 109 cm³/mol. The highest BCUT2D eigenvalue weighted by Gasteiger charge is 2.20. The molecule has 0 fully saturated rings. The molecule has 0 saturated heterocycles. The highest BCUT2D eigenvalue weighted by Crippen LogP contribution is 2.30. The summed E-state index contributed by atoms with van der Waals surface area (Å²) in [6, 6.07) is 11.5. The summed E-state index contributed by atoms with van der Waals surface area (Å²) in [5.41, 5.74) is 1.89. The summed E-state index contributed by atoms with van der Waals surface area (Å²) in [5.74, 6) is 0.00531. The van der Waals surface area contributed by atoms with Gasteiger partial charge < -0.3 is 9.15 Å². The molecule has 0 saturated carbocycles. The van der Waals surface area contributed by atoms with Crippen LogP contribution in [0.2, 0.25) is 0 Å². The molecule has 2 heterocycles. The zero-order valence-corrected chi connectivity index (χ0v) is 16.9. The number of hydrogen-bond donors (Lipinski definition) is 1. The van der Waals surface area contributed by atoms with Crippen molar-refractivity contribution in [3.8, 4) is 17.0 Å².